The Morgan fingerprint density at radius 2 is 1.79 bits per heavy atom. The van der Waals surface area contributed by atoms with E-state index in [1.54, 1.807) is 41.7 Å². The maximum atomic E-state index is 12.4. The van der Waals surface area contributed by atoms with Crippen LogP contribution >= 0.6 is 11.3 Å². The summed E-state index contributed by atoms with van der Waals surface area (Å²) >= 11 is 1.60. The Morgan fingerprint density at radius 3 is 2.52 bits per heavy atom. The van der Waals surface area contributed by atoms with Crippen molar-refractivity contribution in [2.45, 2.75) is 25.4 Å². The fourth-order valence-electron chi connectivity index (χ4n) is 2.74. The van der Waals surface area contributed by atoms with Gasteiger partial charge in [-0.05, 0) is 25.0 Å². The first-order chi connectivity index (χ1) is 14.1. The molecule has 0 fully saturated rings. The molecule has 0 bridgehead atoms. The monoisotopic (exact) mass is 411 g/mol. The smallest absolute Gasteiger partial charge is 0.321 e. The van der Waals surface area contributed by atoms with Crippen LogP contribution in [0.5, 0.6) is 0 Å². The molecule has 0 saturated carbocycles. The molecule has 0 aliphatic rings. The van der Waals surface area contributed by atoms with E-state index < -0.39 is 24.0 Å². The zero-order valence-electron chi connectivity index (χ0n) is 15.9. The van der Waals surface area contributed by atoms with Crippen LogP contribution in [-0.2, 0) is 20.7 Å². The molecule has 1 atom stereocenters. The van der Waals surface area contributed by atoms with Gasteiger partial charge in [0, 0.05) is 19.0 Å². The minimum absolute atomic E-state index is 0.145. The average Bonchev–Trinajstić information content (AvgIpc) is 3.15. The molecule has 0 aliphatic carbocycles. The maximum Gasteiger partial charge on any atom is 0.321 e. The van der Waals surface area contributed by atoms with Crippen molar-refractivity contribution in [3.8, 4) is 0 Å². The molecule has 2 N–H and O–H groups in total. The van der Waals surface area contributed by atoms with Crippen LogP contribution in [0.25, 0.3) is 10.2 Å². The summed E-state index contributed by atoms with van der Waals surface area (Å²) in [5.74, 6) is -1.21. The highest BCUT2D eigenvalue weighted by Crippen LogP contribution is 2.23. The van der Waals surface area contributed by atoms with Gasteiger partial charge in [0.05, 0.1) is 15.2 Å². The number of rotatable bonds is 7. The lowest BCUT2D eigenvalue weighted by atomic mass is 10.1. The van der Waals surface area contributed by atoms with Crippen molar-refractivity contribution in [3.05, 3.63) is 65.2 Å². The molecule has 3 aromatic rings. The normalized spacial score (nSPS) is 11.6. The van der Waals surface area contributed by atoms with E-state index in [-0.39, 0.29) is 6.42 Å². The zero-order chi connectivity index (χ0) is 20.6. The number of aromatic nitrogens is 1. The summed E-state index contributed by atoms with van der Waals surface area (Å²) < 4.78 is 6.50. The number of nitrogens with one attached hydrogen (secondary N) is 2. The van der Waals surface area contributed by atoms with Gasteiger partial charge in [-0.15, -0.1) is 11.3 Å². The van der Waals surface area contributed by atoms with Crippen LogP contribution in [0.1, 0.15) is 29.5 Å². The zero-order valence-corrected chi connectivity index (χ0v) is 16.7. The lowest BCUT2D eigenvalue weighted by Crippen LogP contribution is -2.41. The van der Waals surface area contributed by atoms with Crippen LogP contribution in [-0.4, -0.2) is 29.9 Å². The number of hydrogen-bond acceptors (Lipinski definition) is 6. The van der Waals surface area contributed by atoms with Gasteiger partial charge in [0.2, 0.25) is 6.10 Å². The second kappa shape index (κ2) is 9.79. The van der Waals surface area contributed by atoms with Gasteiger partial charge in [-0.1, -0.05) is 42.5 Å². The Kier molecular flexibility index (Phi) is 6.91. The Bertz CT molecular complexity index is 970. The number of ether oxygens (including phenoxy) is 1. The number of hydrogen-bond donors (Lipinski definition) is 2. The number of esters is 1. The second-order valence-corrected chi connectivity index (χ2v) is 7.39. The minimum atomic E-state index is -1.19. The predicted molar refractivity (Wildman–Crippen MR) is 110 cm³/mol. The third-order valence-electron chi connectivity index (χ3n) is 4.16. The summed E-state index contributed by atoms with van der Waals surface area (Å²) in [5, 5.41) is 5.41. The summed E-state index contributed by atoms with van der Waals surface area (Å²) in [6, 6.07) is 15.8. The van der Waals surface area contributed by atoms with Crippen molar-refractivity contribution in [2.75, 3.05) is 7.05 Å². The Labute approximate surface area is 172 Å². The number of fused-ring (bicyclic) bond motifs is 1. The number of carbonyl (C=O) groups excluding carboxylic acids is 3. The van der Waals surface area contributed by atoms with E-state index in [0.717, 1.165) is 15.2 Å². The molecular weight excluding hydrogens is 390 g/mol. The lowest BCUT2D eigenvalue weighted by Gasteiger charge is -2.17. The molecule has 0 unspecified atom stereocenters. The number of thiazole rings is 1. The van der Waals surface area contributed by atoms with E-state index in [9.17, 15) is 14.4 Å². The number of urea groups is 1. The van der Waals surface area contributed by atoms with Gasteiger partial charge in [-0.3, -0.25) is 14.9 Å². The largest absolute Gasteiger partial charge is 0.447 e. The highest BCUT2D eigenvalue weighted by molar-refractivity contribution is 7.18. The molecule has 0 saturated heterocycles. The first-order valence-corrected chi connectivity index (χ1v) is 10.00. The van der Waals surface area contributed by atoms with Gasteiger partial charge in [-0.2, -0.15) is 0 Å². The van der Waals surface area contributed by atoms with Crippen molar-refractivity contribution >= 4 is 39.5 Å². The number of amides is 3. The molecular formula is C21H21N3O4S. The molecule has 150 valence electrons. The molecule has 1 aromatic heterocycles. The van der Waals surface area contributed by atoms with Gasteiger partial charge in [0.15, 0.2) is 0 Å². The molecule has 1 heterocycles. The third-order valence-corrected chi connectivity index (χ3v) is 5.26. The van der Waals surface area contributed by atoms with E-state index >= 15 is 0 Å². The molecule has 3 amide bonds. The van der Waals surface area contributed by atoms with Gasteiger partial charge >= 0.3 is 12.0 Å². The fourth-order valence-corrected chi connectivity index (χ4v) is 3.75. The fraction of sp³-hybridized carbons (Fsp3) is 0.238. The predicted octanol–water partition coefficient (Wildman–Crippen LogP) is 3.36. The second-order valence-electron chi connectivity index (χ2n) is 6.28. The molecule has 3 rings (SSSR count). The average molecular weight is 411 g/mol. The van der Waals surface area contributed by atoms with E-state index in [0.29, 0.717) is 18.4 Å². The Morgan fingerprint density at radius 1 is 1.07 bits per heavy atom. The van der Waals surface area contributed by atoms with Crippen molar-refractivity contribution in [2.24, 2.45) is 0 Å². The number of carbonyl (C=O) groups is 3. The lowest BCUT2D eigenvalue weighted by molar-refractivity contribution is -0.156. The number of para-hydroxylation sites is 1. The Balaban J connectivity index is 1.58. The molecule has 7 nitrogen and oxygen atoms in total. The van der Waals surface area contributed by atoms with E-state index in [1.807, 2.05) is 24.3 Å². The molecule has 8 heteroatoms. The molecule has 0 spiro atoms. The standard InChI is InChI=1S/C21H21N3O4S/c1-22-21(27)24-20(26)19(14-8-3-2-4-9-14)28-18(25)13-7-12-17-23-15-10-5-6-11-16(15)29-17/h2-6,8-11,19H,7,12-13H2,1H3,(H2,22,24,26,27)/t19-/m1/s1. The maximum absolute atomic E-state index is 12.4. The number of imide groups is 1. The number of benzene rings is 2. The first-order valence-electron chi connectivity index (χ1n) is 9.18. The van der Waals surface area contributed by atoms with Gasteiger partial charge in [-0.25, -0.2) is 9.78 Å². The van der Waals surface area contributed by atoms with Crippen molar-refractivity contribution < 1.29 is 19.1 Å². The molecule has 0 radical (unpaired) electrons. The summed E-state index contributed by atoms with van der Waals surface area (Å²) in [7, 11) is 1.40. The van der Waals surface area contributed by atoms with Gasteiger partial charge < -0.3 is 10.1 Å². The molecule has 29 heavy (non-hydrogen) atoms. The van der Waals surface area contributed by atoms with Gasteiger partial charge in [0.25, 0.3) is 5.91 Å². The Hall–Kier alpha value is -3.26. The summed E-state index contributed by atoms with van der Waals surface area (Å²) in [4.78, 5) is 40.7. The van der Waals surface area contributed by atoms with Crippen molar-refractivity contribution in [1.29, 1.82) is 0 Å². The van der Waals surface area contributed by atoms with Crippen LogP contribution in [0.2, 0.25) is 0 Å². The molecule has 2 aromatic carbocycles. The van der Waals surface area contributed by atoms with E-state index in [2.05, 4.69) is 15.6 Å². The topological polar surface area (TPSA) is 97.4 Å². The first kappa shape index (κ1) is 20.5. The highest BCUT2D eigenvalue weighted by atomic mass is 32.1. The SMILES string of the molecule is CNC(=O)NC(=O)[C@H](OC(=O)CCCc1nc2ccccc2s1)c1ccccc1. The van der Waals surface area contributed by atoms with Crippen molar-refractivity contribution in [3.63, 3.8) is 0 Å². The van der Waals surface area contributed by atoms with Crippen molar-refractivity contribution in [1.82, 2.24) is 15.6 Å². The number of nitrogens with zero attached hydrogens (tertiary/aromatic N) is 1. The summed E-state index contributed by atoms with van der Waals surface area (Å²) in [6.07, 6.45) is 0.155. The highest BCUT2D eigenvalue weighted by Gasteiger charge is 2.26. The van der Waals surface area contributed by atoms with E-state index in [1.165, 1.54) is 7.05 Å². The van der Waals surface area contributed by atoms with Crippen LogP contribution in [0.3, 0.4) is 0 Å². The van der Waals surface area contributed by atoms with Gasteiger partial charge in [0.1, 0.15) is 0 Å². The van der Waals surface area contributed by atoms with Crippen LogP contribution in [0.4, 0.5) is 4.79 Å². The summed E-state index contributed by atoms with van der Waals surface area (Å²) in [5.41, 5.74) is 1.44. The van der Waals surface area contributed by atoms with Crippen LogP contribution < -0.4 is 10.6 Å². The molecule has 0 aliphatic heterocycles. The summed E-state index contributed by atoms with van der Waals surface area (Å²) in [6.45, 7) is 0. The van der Waals surface area contributed by atoms with Crippen LogP contribution in [0, 0.1) is 0 Å². The van der Waals surface area contributed by atoms with E-state index in [4.69, 9.17) is 4.74 Å². The minimum Gasteiger partial charge on any atom is -0.447 e. The third kappa shape index (κ3) is 5.61. The quantitative estimate of drug-likeness (QED) is 0.581. The van der Waals surface area contributed by atoms with Crippen LogP contribution in [0.15, 0.2) is 54.6 Å². The number of aryl methyl sites for hydroxylation is 1.